The highest BCUT2D eigenvalue weighted by Gasteiger charge is 2.30. The first kappa shape index (κ1) is 20.0. The zero-order chi connectivity index (χ0) is 18.6. The molecule has 1 heterocycles. The summed E-state index contributed by atoms with van der Waals surface area (Å²) >= 11 is 11.9. The molecule has 138 valence electrons. The van der Waals surface area contributed by atoms with Crippen molar-refractivity contribution in [2.24, 2.45) is 5.92 Å². The largest absolute Gasteiger partial charge is 0.456 e. The number of nitrogens with one attached hydrogen (secondary N) is 1. The van der Waals surface area contributed by atoms with E-state index < -0.39 is 28.3 Å². The summed E-state index contributed by atoms with van der Waals surface area (Å²) in [5, 5.41) is 3.60. The van der Waals surface area contributed by atoms with Crippen LogP contribution in [0.15, 0.2) is 18.2 Å². The molecule has 9 heteroatoms. The highest BCUT2D eigenvalue weighted by molar-refractivity contribution is 7.91. The van der Waals surface area contributed by atoms with E-state index in [0.29, 0.717) is 22.0 Å². The van der Waals surface area contributed by atoms with Gasteiger partial charge in [0.1, 0.15) is 0 Å². The number of carbonyl (C=O) groups excluding carboxylic acids is 2. The molecule has 1 aliphatic rings. The van der Waals surface area contributed by atoms with Crippen LogP contribution in [0.1, 0.15) is 31.4 Å². The summed E-state index contributed by atoms with van der Waals surface area (Å²) < 4.78 is 27.6. The van der Waals surface area contributed by atoms with E-state index in [1.165, 1.54) is 0 Å². The molecule has 0 spiro atoms. The molecule has 2 rings (SSSR count). The van der Waals surface area contributed by atoms with Crippen molar-refractivity contribution in [2.45, 2.75) is 25.8 Å². The molecule has 1 aromatic rings. The number of rotatable bonds is 6. The lowest BCUT2D eigenvalue weighted by atomic mass is 10.1. The first-order valence-corrected chi connectivity index (χ1v) is 10.3. The summed E-state index contributed by atoms with van der Waals surface area (Å²) in [6.45, 7) is 1.33. The molecule has 0 aliphatic carbocycles. The Hall–Kier alpha value is -1.31. The van der Waals surface area contributed by atoms with E-state index in [-0.39, 0.29) is 29.9 Å². The first-order valence-electron chi connectivity index (χ1n) is 7.76. The Balaban J connectivity index is 1.77. The van der Waals surface area contributed by atoms with Gasteiger partial charge >= 0.3 is 5.97 Å². The van der Waals surface area contributed by atoms with Gasteiger partial charge in [-0.2, -0.15) is 0 Å². The van der Waals surface area contributed by atoms with Crippen LogP contribution in [0.5, 0.6) is 0 Å². The predicted molar refractivity (Wildman–Crippen MR) is 95.4 cm³/mol. The van der Waals surface area contributed by atoms with Crippen LogP contribution in [0, 0.1) is 5.92 Å². The van der Waals surface area contributed by atoms with E-state index in [0.717, 1.165) is 0 Å². The van der Waals surface area contributed by atoms with E-state index in [4.69, 9.17) is 27.9 Å². The lowest BCUT2D eigenvalue weighted by Gasteiger charge is -2.16. The Morgan fingerprint density at radius 2 is 2.08 bits per heavy atom. The third-order valence-corrected chi connectivity index (χ3v) is 6.35. The van der Waals surface area contributed by atoms with Crippen molar-refractivity contribution in [3.8, 4) is 0 Å². The van der Waals surface area contributed by atoms with Crippen LogP contribution in [0.3, 0.4) is 0 Å². The zero-order valence-corrected chi connectivity index (χ0v) is 16.0. The summed E-state index contributed by atoms with van der Waals surface area (Å²) in [6.07, 6.45) is 0.459. The Labute approximate surface area is 156 Å². The van der Waals surface area contributed by atoms with E-state index >= 15 is 0 Å². The fourth-order valence-corrected chi connectivity index (χ4v) is 5.12. The minimum atomic E-state index is -3.04. The molecule has 6 nitrogen and oxygen atoms in total. The van der Waals surface area contributed by atoms with Crippen molar-refractivity contribution in [3.05, 3.63) is 33.8 Å². The number of esters is 1. The molecule has 0 unspecified atom stereocenters. The number of sulfone groups is 1. The van der Waals surface area contributed by atoms with E-state index in [2.05, 4.69) is 5.32 Å². The second-order valence-electron chi connectivity index (χ2n) is 6.09. The van der Waals surface area contributed by atoms with Gasteiger partial charge < -0.3 is 10.1 Å². The van der Waals surface area contributed by atoms with Crippen molar-refractivity contribution < 1.29 is 22.7 Å². The molecule has 2 atom stereocenters. The van der Waals surface area contributed by atoms with Gasteiger partial charge in [-0.05, 0) is 37.0 Å². The van der Waals surface area contributed by atoms with Gasteiger partial charge in [-0.1, -0.05) is 29.3 Å². The smallest absolute Gasteiger partial charge is 0.306 e. The van der Waals surface area contributed by atoms with Crippen molar-refractivity contribution >= 4 is 44.9 Å². The quantitative estimate of drug-likeness (QED) is 0.731. The topological polar surface area (TPSA) is 89.5 Å². The Morgan fingerprint density at radius 1 is 1.36 bits per heavy atom. The fourth-order valence-electron chi connectivity index (χ4n) is 2.69. The molecule has 1 aromatic carbocycles. The number of ether oxygens (including phenoxy) is 1. The van der Waals surface area contributed by atoms with Gasteiger partial charge in [0, 0.05) is 16.5 Å². The second kappa shape index (κ2) is 8.38. The third-order valence-electron chi connectivity index (χ3n) is 3.95. The molecule has 1 aliphatic heterocycles. The van der Waals surface area contributed by atoms with E-state index in [1.54, 1.807) is 25.1 Å². The van der Waals surface area contributed by atoms with Crippen molar-refractivity contribution in [2.75, 3.05) is 18.1 Å². The van der Waals surface area contributed by atoms with E-state index in [1.807, 2.05) is 0 Å². The van der Waals surface area contributed by atoms with Crippen molar-refractivity contribution in [1.82, 2.24) is 5.32 Å². The van der Waals surface area contributed by atoms with Crippen LogP contribution in [-0.4, -0.2) is 38.4 Å². The number of benzene rings is 1. The minimum Gasteiger partial charge on any atom is -0.456 e. The van der Waals surface area contributed by atoms with Crippen LogP contribution in [0.4, 0.5) is 0 Å². The van der Waals surface area contributed by atoms with Gasteiger partial charge in [0.2, 0.25) is 0 Å². The summed E-state index contributed by atoms with van der Waals surface area (Å²) in [6, 6.07) is 4.58. The summed E-state index contributed by atoms with van der Waals surface area (Å²) in [5.74, 6) is -1.17. The third kappa shape index (κ3) is 6.17. The first-order chi connectivity index (χ1) is 11.7. The Morgan fingerprint density at radius 3 is 2.68 bits per heavy atom. The molecule has 1 fully saturated rings. The monoisotopic (exact) mass is 407 g/mol. The number of hydrogen-bond acceptors (Lipinski definition) is 5. The van der Waals surface area contributed by atoms with Crippen LogP contribution in [0.2, 0.25) is 10.0 Å². The van der Waals surface area contributed by atoms with Crippen LogP contribution in [-0.2, 0) is 24.2 Å². The molecule has 1 N–H and O–H groups in total. The normalized spacial score (nSPS) is 20.0. The van der Waals surface area contributed by atoms with Crippen LogP contribution in [0.25, 0.3) is 0 Å². The van der Waals surface area contributed by atoms with Gasteiger partial charge in [0.05, 0.1) is 17.5 Å². The Kier molecular flexibility index (Phi) is 6.71. The van der Waals surface area contributed by atoms with Gasteiger partial charge in [-0.3, -0.25) is 9.59 Å². The van der Waals surface area contributed by atoms with Gasteiger partial charge in [-0.25, -0.2) is 8.42 Å². The SMILES string of the molecule is C[C@@H](NC(=O)COC(=O)C[C@@H]1CCS(=O)(=O)C1)c1ccc(Cl)cc1Cl. The van der Waals surface area contributed by atoms with Crippen LogP contribution >= 0.6 is 23.2 Å². The molecule has 1 saturated heterocycles. The number of carbonyl (C=O) groups is 2. The average molecular weight is 408 g/mol. The Bertz CT molecular complexity index is 766. The van der Waals surface area contributed by atoms with Crippen molar-refractivity contribution in [1.29, 1.82) is 0 Å². The number of halogens is 2. The van der Waals surface area contributed by atoms with E-state index in [9.17, 15) is 18.0 Å². The lowest BCUT2D eigenvalue weighted by Crippen LogP contribution is -2.31. The predicted octanol–water partition coefficient (Wildman–Crippen LogP) is 2.54. The molecular formula is C16H19Cl2NO5S. The van der Waals surface area contributed by atoms with Gasteiger partial charge in [0.15, 0.2) is 16.4 Å². The molecule has 0 saturated carbocycles. The minimum absolute atomic E-state index is 0.000393. The molecular weight excluding hydrogens is 389 g/mol. The summed E-state index contributed by atoms with van der Waals surface area (Å²) in [7, 11) is -3.04. The summed E-state index contributed by atoms with van der Waals surface area (Å²) in [5.41, 5.74) is 0.696. The molecule has 0 radical (unpaired) electrons. The van der Waals surface area contributed by atoms with Gasteiger partial charge in [-0.15, -0.1) is 0 Å². The van der Waals surface area contributed by atoms with Crippen LogP contribution < -0.4 is 5.32 Å². The number of hydrogen-bond donors (Lipinski definition) is 1. The zero-order valence-electron chi connectivity index (χ0n) is 13.6. The molecule has 0 aromatic heterocycles. The van der Waals surface area contributed by atoms with Crippen molar-refractivity contribution in [3.63, 3.8) is 0 Å². The maximum Gasteiger partial charge on any atom is 0.306 e. The maximum atomic E-state index is 11.9. The average Bonchev–Trinajstić information content (AvgIpc) is 2.83. The second-order valence-corrected chi connectivity index (χ2v) is 9.16. The highest BCUT2D eigenvalue weighted by Crippen LogP contribution is 2.26. The molecule has 1 amide bonds. The van der Waals surface area contributed by atoms with Gasteiger partial charge in [0.25, 0.3) is 5.91 Å². The maximum absolute atomic E-state index is 11.9. The standard InChI is InChI=1S/C16H19Cl2NO5S/c1-10(13-3-2-12(17)7-14(13)18)19-15(20)8-24-16(21)6-11-4-5-25(22,23)9-11/h2-3,7,10-11H,4-6,8-9H2,1H3,(H,19,20)/t10-,11+/m1/s1. The molecule has 25 heavy (non-hydrogen) atoms. The lowest BCUT2D eigenvalue weighted by molar-refractivity contribution is -0.149. The highest BCUT2D eigenvalue weighted by atomic mass is 35.5. The molecule has 0 bridgehead atoms. The number of amides is 1. The fraction of sp³-hybridized carbons (Fsp3) is 0.500. The summed E-state index contributed by atoms with van der Waals surface area (Å²) in [4.78, 5) is 23.6.